The van der Waals surface area contributed by atoms with Crippen LogP contribution in [0.2, 0.25) is 0 Å². The standard InChI is InChI=1S/C21H26O3/c1-13(22)24-15-8-10-20(2)14(12-15)4-5-16-17-6-7-19(23)21(17,3)11-9-18(16)20/h4,9,12,16-17H,5-8,10-11H2,1-3H3/t16-,17-,20-,21-/m0/s1. The fourth-order valence-corrected chi connectivity index (χ4v) is 5.66. The second kappa shape index (κ2) is 5.18. The zero-order chi connectivity index (χ0) is 17.1. The first kappa shape index (κ1) is 15.9. The second-order valence-electron chi connectivity index (χ2n) is 8.39. The van der Waals surface area contributed by atoms with Gasteiger partial charge in [-0.3, -0.25) is 9.59 Å². The molecular formula is C21H26O3. The topological polar surface area (TPSA) is 43.4 Å². The van der Waals surface area contributed by atoms with E-state index in [-0.39, 0.29) is 16.8 Å². The van der Waals surface area contributed by atoms with Crippen molar-refractivity contribution in [2.24, 2.45) is 22.7 Å². The third kappa shape index (κ3) is 2.09. The molecule has 4 aliphatic carbocycles. The minimum atomic E-state index is -0.240. The Hall–Kier alpha value is -1.64. The van der Waals surface area contributed by atoms with E-state index in [9.17, 15) is 9.59 Å². The molecule has 0 aromatic heterocycles. The molecule has 24 heavy (non-hydrogen) atoms. The summed E-state index contributed by atoms with van der Waals surface area (Å²) in [5, 5.41) is 0. The highest BCUT2D eigenvalue weighted by Crippen LogP contribution is 2.61. The van der Waals surface area contributed by atoms with Crippen LogP contribution in [0.15, 0.2) is 35.1 Å². The van der Waals surface area contributed by atoms with Crippen LogP contribution in [-0.2, 0) is 14.3 Å². The van der Waals surface area contributed by atoms with Crippen molar-refractivity contribution in [2.45, 2.75) is 59.3 Å². The van der Waals surface area contributed by atoms with Crippen LogP contribution >= 0.6 is 0 Å². The van der Waals surface area contributed by atoms with E-state index in [0.717, 1.165) is 44.3 Å². The van der Waals surface area contributed by atoms with Crippen molar-refractivity contribution in [3.8, 4) is 0 Å². The van der Waals surface area contributed by atoms with Gasteiger partial charge < -0.3 is 4.74 Å². The lowest BCUT2D eigenvalue weighted by Gasteiger charge is -2.50. The Kier molecular flexibility index (Phi) is 3.42. The SMILES string of the molecule is CC(=O)OC1=CC2=CC[C@@H]3C(=CC[C@]4(C)C(=O)CC[C@@H]34)[C@@]2(C)CC1. The summed E-state index contributed by atoms with van der Waals surface area (Å²) in [6, 6.07) is 0. The summed E-state index contributed by atoms with van der Waals surface area (Å²) in [6.07, 6.45) is 12.3. The lowest BCUT2D eigenvalue weighted by molar-refractivity contribution is -0.137. The monoisotopic (exact) mass is 326 g/mol. The van der Waals surface area contributed by atoms with Gasteiger partial charge in [0.2, 0.25) is 0 Å². The lowest BCUT2D eigenvalue weighted by atomic mass is 9.53. The average Bonchev–Trinajstić information content (AvgIpc) is 2.83. The Morgan fingerprint density at radius 1 is 1.25 bits per heavy atom. The molecule has 1 saturated carbocycles. The molecule has 4 aliphatic rings. The van der Waals surface area contributed by atoms with Crippen LogP contribution < -0.4 is 0 Å². The van der Waals surface area contributed by atoms with E-state index in [0.29, 0.717) is 17.6 Å². The molecule has 0 heterocycles. The van der Waals surface area contributed by atoms with Gasteiger partial charge in [0.05, 0.1) is 0 Å². The largest absolute Gasteiger partial charge is 0.431 e. The molecule has 0 amide bonds. The smallest absolute Gasteiger partial charge is 0.307 e. The number of carbonyl (C=O) groups is 2. The fourth-order valence-electron chi connectivity index (χ4n) is 5.66. The summed E-state index contributed by atoms with van der Waals surface area (Å²) in [6.45, 7) is 5.97. The van der Waals surface area contributed by atoms with Crippen LogP contribution in [0.3, 0.4) is 0 Å². The van der Waals surface area contributed by atoms with Gasteiger partial charge in [-0.1, -0.05) is 31.6 Å². The first-order valence-electron chi connectivity index (χ1n) is 9.18. The number of esters is 1. The van der Waals surface area contributed by atoms with Crippen LogP contribution in [0.1, 0.15) is 59.3 Å². The summed E-state index contributed by atoms with van der Waals surface area (Å²) in [5.74, 6) is 2.02. The first-order valence-corrected chi connectivity index (χ1v) is 9.18. The summed E-state index contributed by atoms with van der Waals surface area (Å²) in [7, 11) is 0. The van der Waals surface area contributed by atoms with E-state index >= 15 is 0 Å². The minimum Gasteiger partial charge on any atom is -0.431 e. The number of allylic oxidation sites excluding steroid dienone is 6. The van der Waals surface area contributed by atoms with Crippen molar-refractivity contribution in [1.29, 1.82) is 0 Å². The van der Waals surface area contributed by atoms with Crippen LogP contribution in [0.5, 0.6) is 0 Å². The van der Waals surface area contributed by atoms with Gasteiger partial charge in [0, 0.05) is 30.6 Å². The maximum atomic E-state index is 12.4. The predicted molar refractivity (Wildman–Crippen MR) is 91.9 cm³/mol. The summed E-state index contributed by atoms with van der Waals surface area (Å²) >= 11 is 0. The van der Waals surface area contributed by atoms with Crippen LogP contribution in [0.25, 0.3) is 0 Å². The van der Waals surface area contributed by atoms with Gasteiger partial charge in [0.1, 0.15) is 11.5 Å². The molecule has 3 nitrogen and oxygen atoms in total. The molecule has 0 spiro atoms. The van der Waals surface area contributed by atoms with Crippen molar-refractivity contribution >= 4 is 11.8 Å². The molecular weight excluding hydrogens is 300 g/mol. The maximum absolute atomic E-state index is 12.4. The summed E-state index contributed by atoms with van der Waals surface area (Å²) in [5.41, 5.74) is 2.73. The molecule has 0 saturated heterocycles. The van der Waals surface area contributed by atoms with Gasteiger partial charge in [-0.15, -0.1) is 0 Å². The molecule has 0 aliphatic heterocycles. The Labute approximate surface area is 143 Å². The highest BCUT2D eigenvalue weighted by Gasteiger charge is 2.55. The molecule has 0 aromatic rings. The van der Waals surface area contributed by atoms with E-state index in [1.165, 1.54) is 18.1 Å². The van der Waals surface area contributed by atoms with Crippen molar-refractivity contribution in [2.75, 3.05) is 0 Å². The fraction of sp³-hybridized carbons (Fsp3) is 0.619. The number of hydrogen-bond acceptors (Lipinski definition) is 3. The Morgan fingerprint density at radius 3 is 2.79 bits per heavy atom. The van der Waals surface area contributed by atoms with Crippen LogP contribution in [0.4, 0.5) is 0 Å². The Bertz CT molecular complexity index is 711. The Balaban J connectivity index is 1.70. The first-order chi connectivity index (χ1) is 11.3. The van der Waals surface area contributed by atoms with Crippen molar-refractivity contribution < 1.29 is 14.3 Å². The van der Waals surface area contributed by atoms with Crippen molar-refractivity contribution in [3.05, 3.63) is 35.1 Å². The zero-order valence-corrected chi connectivity index (χ0v) is 14.9. The zero-order valence-electron chi connectivity index (χ0n) is 14.9. The van der Waals surface area contributed by atoms with Crippen molar-refractivity contribution in [3.63, 3.8) is 0 Å². The number of ketones is 1. The minimum absolute atomic E-state index is 0.0412. The molecule has 0 unspecified atom stereocenters. The molecule has 4 rings (SSSR count). The molecule has 0 bridgehead atoms. The highest BCUT2D eigenvalue weighted by molar-refractivity contribution is 5.87. The summed E-state index contributed by atoms with van der Waals surface area (Å²) in [4.78, 5) is 23.7. The van der Waals surface area contributed by atoms with E-state index in [4.69, 9.17) is 4.74 Å². The quantitative estimate of drug-likeness (QED) is 0.526. The molecule has 0 aromatic carbocycles. The number of ether oxygens (including phenoxy) is 1. The second-order valence-corrected chi connectivity index (χ2v) is 8.39. The normalized spacial score (nSPS) is 40.6. The van der Waals surface area contributed by atoms with Gasteiger partial charge in [0.15, 0.2) is 0 Å². The van der Waals surface area contributed by atoms with E-state index in [2.05, 4.69) is 32.1 Å². The van der Waals surface area contributed by atoms with E-state index in [1.807, 2.05) is 0 Å². The number of carbonyl (C=O) groups excluding carboxylic acids is 2. The molecule has 4 atom stereocenters. The van der Waals surface area contributed by atoms with E-state index in [1.54, 1.807) is 0 Å². The highest BCUT2D eigenvalue weighted by atomic mass is 16.5. The average molecular weight is 326 g/mol. The summed E-state index contributed by atoms with van der Waals surface area (Å²) < 4.78 is 5.34. The van der Waals surface area contributed by atoms with Gasteiger partial charge in [-0.25, -0.2) is 0 Å². The number of Topliss-reactive ketones (excluding diaryl/α,β-unsaturated/α-hetero) is 1. The number of hydrogen-bond donors (Lipinski definition) is 0. The predicted octanol–water partition coefficient (Wildman–Crippen LogP) is 4.50. The molecule has 0 radical (unpaired) electrons. The molecule has 1 fully saturated rings. The van der Waals surface area contributed by atoms with Gasteiger partial charge in [0.25, 0.3) is 0 Å². The molecule has 0 N–H and O–H groups in total. The Morgan fingerprint density at radius 2 is 2.04 bits per heavy atom. The van der Waals surface area contributed by atoms with Crippen molar-refractivity contribution in [1.82, 2.24) is 0 Å². The van der Waals surface area contributed by atoms with Gasteiger partial charge in [-0.2, -0.15) is 0 Å². The third-order valence-corrected chi connectivity index (χ3v) is 7.10. The number of fused-ring (bicyclic) bond motifs is 5. The van der Waals surface area contributed by atoms with Crippen LogP contribution in [0, 0.1) is 22.7 Å². The van der Waals surface area contributed by atoms with E-state index < -0.39 is 0 Å². The van der Waals surface area contributed by atoms with Gasteiger partial charge in [-0.05, 0) is 49.2 Å². The van der Waals surface area contributed by atoms with Crippen LogP contribution in [-0.4, -0.2) is 11.8 Å². The third-order valence-electron chi connectivity index (χ3n) is 7.10. The number of rotatable bonds is 1. The molecule has 3 heteroatoms. The lowest BCUT2D eigenvalue weighted by Crippen LogP contribution is -2.43. The maximum Gasteiger partial charge on any atom is 0.307 e. The molecule has 128 valence electrons. The van der Waals surface area contributed by atoms with Gasteiger partial charge >= 0.3 is 5.97 Å².